The first kappa shape index (κ1) is 15.7. The lowest BCUT2D eigenvalue weighted by Gasteiger charge is -2.16. The van der Waals surface area contributed by atoms with Crippen molar-refractivity contribution in [3.8, 4) is 0 Å². The Kier molecular flexibility index (Phi) is 9.14. The zero-order valence-electron chi connectivity index (χ0n) is 9.66. The summed E-state index contributed by atoms with van der Waals surface area (Å²) < 4.78 is 1.69. The Morgan fingerprint density at radius 3 is 1.38 bits per heavy atom. The molecule has 80 valence electrons. The third-order valence-electron chi connectivity index (χ3n) is 1.03. The van der Waals surface area contributed by atoms with Crippen LogP contribution in [0.25, 0.3) is 0 Å². The van der Waals surface area contributed by atoms with Gasteiger partial charge in [0.25, 0.3) is 0 Å². The van der Waals surface area contributed by atoms with E-state index in [1.54, 1.807) is 0 Å². The summed E-state index contributed by atoms with van der Waals surface area (Å²) >= 11 is 8.82. The molecule has 4 heteroatoms. The van der Waals surface area contributed by atoms with E-state index in [2.05, 4.69) is 54.7 Å². The van der Waals surface area contributed by atoms with Crippen LogP contribution in [-0.4, -0.2) is 55.0 Å². The van der Waals surface area contributed by atoms with Crippen LogP contribution in [0.4, 0.5) is 0 Å². The third-order valence-corrected chi connectivity index (χ3v) is 1.58. The van der Waals surface area contributed by atoms with Gasteiger partial charge in [-0.3, -0.25) is 0 Å². The normalized spacial score (nSPS) is 10.1. The van der Waals surface area contributed by atoms with Gasteiger partial charge in [0.1, 0.15) is 4.32 Å². The van der Waals surface area contributed by atoms with Gasteiger partial charge in [0.2, 0.25) is 0 Å². The highest BCUT2D eigenvalue weighted by atomic mass is 32.1. The quantitative estimate of drug-likeness (QED) is 0.432. The predicted molar refractivity (Wildman–Crippen MR) is 68.5 cm³/mol. The monoisotopic (exact) mass is 223 g/mol. The molecule has 0 rings (SSSR count). The zero-order valence-corrected chi connectivity index (χ0v) is 11.4. The van der Waals surface area contributed by atoms with E-state index < -0.39 is 0 Å². The number of quaternary nitrogens is 1. The van der Waals surface area contributed by atoms with E-state index in [0.717, 1.165) is 17.6 Å². The summed E-state index contributed by atoms with van der Waals surface area (Å²) in [5.41, 5.74) is 0. The molecule has 0 saturated heterocycles. The van der Waals surface area contributed by atoms with E-state index in [4.69, 9.17) is 12.2 Å². The highest BCUT2D eigenvalue weighted by molar-refractivity contribution is 8.10. The Morgan fingerprint density at radius 2 is 1.38 bits per heavy atom. The molecular weight excluding hydrogens is 200 g/mol. The van der Waals surface area contributed by atoms with Gasteiger partial charge in [-0.1, -0.05) is 12.2 Å². The van der Waals surface area contributed by atoms with Crippen LogP contribution >= 0.6 is 24.8 Å². The van der Waals surface area contributed by atoms with Crippen LogP contribution < -0.4 is 0 Å². The fourth-order valence-electron chi connectivity index (χ4n) is 0.494. The van der Waals surface area contributed by atoms with Crippen molar-refractivity contribution in [2.75, 3.05) is 41.3 Å². The van der Waals surface area contributed by atoms with Gasteiger partial charge in [-0.25, -0.2) is 0 Å². The first-order chi connectivity index (χ1) is 5.72. The van der Waals surface area contributed by atoms with Crippen LogP contribution in [-0.2, 0) is 0 Å². The van der Waals surface area contributed by atoms with Crippen molar-refractivity contribution in [3.63, 3.8) is 0 Å². The van der Waals surface area contributed by atoms with E-state index in [-0.39, 0.29) is 0 Å². The fourth-order valence-corrected chi connectivity index (χ4v) is 1.04. The number of hydrogen-bond donors (Lipinski definition) is 1. The number of thiocarbonyl (C=S) groups is 1. The Balaban J connectivity index is 0. The van der Waals surface area contributed by atoms with Gasteiger partial charge in [-0.05, 0) is 13.8 Å². The van der Waals surface area contributed by atoms with E-state index >= 15 is 0 Å². The molecule has 0 bridgehead atoms. The summed E-state index contributed by atoms with van der Waals surface area (Å²) in [6.07, 6.45) is 0. The predicted octanol–water partition coefficient (Wildman–Crippen LogP) is 1.87. The molecule has 0 aliphatic carbocycles. The van der Waals surface area contributed by atoms with Crippen LogP contribution in [0.2, 0.25) is 0 Å². The summed E-state index contributed by atoms with van der Waals surface area (Å²) in [7, 11) is 8.50. The molecule has 0 aliphatic rings. The molecule has 0 atom stereocenters. The summed E-state index contributed by atoms with van der Waals surface area (Å²) in [6.45, 7) is 6.04. The minimum Gasteiger partial charge on any atom is -0.358 e. The molecule has 0 N–H and O–H groups in total. The molecule has 2 nitrogen and oxygen atoms in total. The highest BCUT2D eigenvalue weighted by Gasteiger charge is 1.96. The Labute approximate surface area is 93.9 Å². The van der Waals surface area contributed by atoms with Crippen molar-refractivity contribution in [2.45, 2.75) is 13.8 Å². The van der Waals surface area contributed by atoms with Crippen molar-refractivity contribution >= 4 is 29.2 Å². The lowest BCUT2D eigenvalue weighted by Crippen LogP contribution is -2.27. The first-order valence-electron chi connectivity index (χ1n) is 4.49. The van der Waals surface area contributed by atoms with Gasteiger partial charge >= 0.3 is 0 Å². The van der Waals surface area contributed by atoms with Crippen molar-refractivity contribution in [1.29, 1.82) is 0 Å². The Bertz CT molecular complexity index is 131. The van der Waals surface area contributed by atoms with Gasteiger partial charge < -0.3 is 9.38 Å². The van der Waals surface area contributed by atoms with Gasteiger partial charge in [0.15, 0.2) is 0 Å². The van der Waals surface area contributed by atoms with E-state index in [1.165, 1.54) is 0 Å². The molecule has 0 heterocycles. The second kappa shape index (κ2) is 7.59. The number of thiol groups is 1. The molecule has 0 fully saturated rings. The van der Waals surface area contributed by atoms with Crippen LogP contribution in [0.3, 0.4) is 0 Å². The van der Waals surface area contributed by atoms with Crippen LogP contribution in [0, 0.1) is 0 Å². The Morgan fingerprint density at radius 1 is 1.15 bits per heavy atom. The van der Waals surface area contributed by atoms with Crippen molar-refractivity contribution in [2.24, 2.45) is 0 Å². The average molecular weight is 223 g/mol. The molecule has 0 aromatic rings. The van der Waals surface area contributed by atoms with Crippen molar-refractivity contribution < 1.29 is 4.48 Å². The summed E-state index contributed by atoms with van der Waals surface area (Å²) in [5, 5.41) is 0. The van der Waals surface area contributed by atoms with Crippen molar-refractivity contribution in [3.05, 3.63) is 0 Å². The lowest BCUT2D eigenvalue weighted by atomic mass is 10.6. The lowest BCUT2D eigenvalue weighted by molar-refractivity contribution is -0.849. The largest absolute Gasteiger partial charge is 0.358 e. The fraction of sp³-hybridized carbons (Fsp3) is 0.889. The maximum absolute atomic E-state index is 4.81. The summed E-state index contributed by atoms with van der Waals surface area (Å²) in [5.74, 6) is 0. The highest BCUT2D eigenvalue weighted by Crippen LogP contribution is 1.93. The maximum Gasteiger partial charge on any atom is 0.133 e. The van der Waals surface area contributed by atoms with Crippen LogP contribution in [0.5, 0.6) is 0 Å². The first-order valence-corrected chi connectivity index (χ1v) is 5.34. The van der Waals surface area contributed by atoms with Gasteiger partial charge in [-0.15, -0.1) is 12.6 Å². The smallest absolute Gasteiger partial charge is 0.133 e. The topological polar surface area (TPSA) is 3.24 Å². The minimum atomic E-state index is 0.690. The molecule has 0 saturated carbocycles. The molecule has 0 unspecified atom stereocenters. The molecule has 0 spiro atoms. The van der Waals surface area contributed by atoms with Crippen molar-refractivity contribution in [1.82, 2.24) is 4.90 Å². The molecule has 0 amide bonds. The molecule has 0 aromatic carbocycles. The van der Waals surface area contributed by atoms with Gasteiger partial charge in [0, 0.05) is 13.1 Å². The van der Waals surface area contributed by atoms with Gasteiger partial charge in [-0.2, -0.15) is 0 Å². The number of nitrogens with zero attached hydrogens (tertiary/aromatic N) is 2. The van der Waals surface area contributed by atoms with E-state index in [0.29, 0.717) is 4.32 Å². The average Bonchev–Trinajstić information content (AvgIpc) is 1.85. The third kappa shape index (κ3) is 18.9. The van der Waals surface area contributed by atoms with Crippen LogP contribution in [0.1, 0.15) is 13.8 Å². The van der Waals surface area contributed by atoms with Crippen LogP contribution in [0.15, 0.2) is 0 Å². The zero-order chi connectivity index (χ0) is 11.1. The number of hydrogen-bond acceptors (Lipinski definition) is 1. The minimum absolute atomic E-state index is 0.690. The molecular formula is C9H23N2S2+. The summed E-state index contributed by atoms with van der Waals surface area (Å²) in [4.78, 5) is 2.01. The SMILES string of the molecule is CCN(CC)C(=S)S.C[N+](C)(C)C. The number of rotatable bonds is 2. The maximum atomic E-state index is 4.81. The standard InChI is InChI=1S/C5H11NS2.C4H12N/c1-3-6(4-2)5(7)8;1-5(2,3)4/h3-4H2,1-2H3,(H,7,8);1-4H3/q;+1. The van der Waals surface area contributed by atoms with Gasteiger partial charge in [0.05, 0.1) is 28.2 Å². The molecule has 13 heavy (non-hydrogen) atoms. The second-order valence-corrected chi connectivity index (χ2v) is 5.25. The van der Waals surface area contributed by atoms with E-state index in [9.17, 15) is 0 Å². The molecule has 0 radical (unpaired) electrons. The summed E-state index contributed by atoms with van der Waals surface area (Å²) in [6, 6.07) is 0. The molecule has 0 aromatic heterocycles. The molecule has 0 aliphatic heterocycles. The Hall–Kier alpha value is 0.200. The van der Waals surface area contributed by atoms with E-state index in [1.807, 2.05) is 4.90 Å². The second-order valence-electron chi connectivity index (χ2n) is 4.14.